The summed E-state index contributed by atoms with van der Waals surface area (Å²) in [5, 5.41) is 11.0. The third-order valence-corrected chi connectivity index (χ3v) is 1.90. The van der Waals surface area contributed by atoms with Crippen LogP contribution in [-0.2, 0) is 9.59 Å². The third kappa shape index (κ3) is 5.34. The molecule has 6 heteroatoms. The Labute approximate surface area is 89.0 Å². The highest BCUT2D eigenvalue weighted by molar-refractivity contribution is 5.88. The van der Waals surface area contributed by atoms with Gasteiger partial charge in [-0.05, 0) is 12.3 Å². The summed E-state index contributed by atoms with van der Waals surface area (Å²) < 4.78 is 0. The topological polar surface area (TPSA) is 118 Å². The fourth-order valence-corrected chi connectivity index (χ4v) is 1.08. The first-order valence-electron chi connectivity index (χ1n) is 4.84. The molecule has 0 aliphatic rings. The second-order valence-electron chi connectivity index (χ2n) is 3.88. The number of carbonyl (C=O) groups excluding carboxylic acids is 2. The molecule has 0 spiro atoms. The zero-order valence-electron chi connectivity index (χ0n) is 9.06. The predicted octanol–water partition coefficient (Wildman–Crippen LogP) is -1.68. The zero-order chi connectivity index (χ0) is 12.0. The number of primary amides is 1. The van der Waals surface area contributed by atoms with Crippen molar-refractivity contribution in [2.75, 3.05) is 6.61 Å². The average molecular weight is 217 g/mol. The van der Waals surface area contributed by atoms with Crippen molar-refractivity contribution < 1.29 is 14.7 Å². The van der Waals surface area contributed by atoms with E-state index in [-0.39, 0.29) is 5.92 Å². The summed E-state index contributed by atoms with van der Waals surface area (Å²) in [5.41, 5.74) is 10.4. The number of carbonyl (C=O) groups is 2. The molecule has 0 saturated heterocycles. The molecule has 0 radical (unpaired) electrons. The molecule has 6 nitrogen and oxygen atoms in total. The molecule has 2 amide bonds. The maximum atomic E-state index is 11.3. The normalized spacial score (nSPS) is 14.7. The van der Waals surface area contributed by atoms with Crippen molar-refractivity contribution in [1.29, 1.82) is 0 Å². The third-order valence-electron chi connectivity index (χ3n) is 1.90. The molecule has 2 unspecified atom stereocenters. The molecule has 0 aromatic rings. The molecule has 0 fully saturated rings. The number of hydrogen-bond donors (Lipinski definition) is 4. The summed E-state index contributed by atoms with van der Waals surface area (Å²) >= 11 is 0. The quantitative estimate of drug-likeness (QED) is 0.425. The number of hydrogen-bond acceptors (Lipinski definition) is 4. The zero-order valence-corrected chi connectivity index (χ0v) is 9.06. The first-order valence-corrected chi connectivity index (χ1v) is 4.84. The van der Waals surface area contributed by atoms with Crippen LogP contribution >= 0.6 is 0 Å². The maximum Gasteiger partial charge on any atom is 0.240 e. The van der Waals surface area contributed by atoms with Crippen LogP contribution in [0.5, 0.6) is 0 Å². The molecule has 0 heterocycles. The average Bonchev–Trinajstić information content (AvgIpc) is 2.14. The standard InChI is InChI=1S/C9H19N3O3/c1-5(2)3-7(8(11)14)12-9(15)6(10)4-13/h5-7,13H,3-4,10H2,1-2H3,(H2,11,14)(H,12,15). The molecule has 0 aromatic heterocycles. The van der Waals surface area contributed by atoms with Gasteiger partial charge in [-0.1, -0.05) is 13.8 Å². The van der Waals surface area contributed by atoms with E-state index in [2.05, 4.69) is 5.32 Å². The van der Waals surface area contributed by atoms with Crippen LogP contribution in [0.15, 0.2) is 0 Å². The summed E-state index contributed by atoms with van der Waals surface area (Å²) in [4.78, 5) is 22.3. The number of rotatable bonds is 6. The highest BCUT2D eigenvalue weighted by Gasteiger charge is 2.21. The maximum absolute atomic E-state index is 11.3. The number of amides is 2. The fourth-order valence-electron chi connectivity index (χ4n) is 1.08. The highest BCUT2D eigenvalue weighted by Crippen LogP contribution is 2.04. The molecule has 6 N–H and O–H groups in total. The van der Waals surface area contributed by atoms with Gasteiger partial charge in [-0.15, -0.1) is 0 Å². The Morgan fingerprint density at radius 1 is 1.40 bits per heavy atom. The summed E-state index contributed by atoms with van der Waals surface area (Å²) in [7, 11) is 0. The molecule has 0 bridgehead atoms. The predicted molar refractivity (Wildman–Crippen MR) is 55.6 cm³/mol. The summed E-state index contributed by atoms with van der Waals surface area (Å²) in [6.07, 6.45) is 0.458. The summed E-state index contributed by atoms with van der Waals surface area (Å²) in [5.74, 6) is -0.933. The second kappa shape index (κ2) is 6.36. The minimum absolute atomic E-state index is 0.230. The largest absolute Gasteiger partial charge is 0.394 e. The lowest BCUT2D eigenvalue weighted by Crippen LogP contribution is -2.51. The van der Waals surface area contributed by atoms with Gasteiger partial charge >= 0.3 is 0 Å². The van der Waals surface area contributed by atoms with Crippen molar-refractivity contribution >= 4 is 11.8 Å². The molecule has 2 atom stereocenters. The molecule has 0 aromatic carbocycles. The van der Waals surface area contributed by atoms with Gasteiger partial charge in [-0.3, -0.25) is 9.59 Å². The van der Waals surface area contributed by atoms with Gasteiger partial charge in [-0.25, -0.2) is 0 Å². The van der Waals surface area contributed by atoms with Crippen LogP contribution in [0.4, 0.5) is 0 Å². The van der Waals surface area contributed by atoms with Gasteiger partial charge in [0.05, 0.1) is 6.61 Å². The van der Waals surface area contributed by atoms with Crippen molar-refractivity contribution in [3.63, 3.8) is 0 Å². The Bertz CT molecular complexity index is 231. The van der Waals surface area contributed by atoms with Crippen LogP contribution in [0.3, 0.4) is 0 Å². The fraction of sp³-hybridized carbons (Fsp3) is 0.778. The SMILES string of the molecule is CC(C)CC(NC(=O)C(N)CO)C(N)=O. The van der Waals surface area contributed by atoms with E-state index in [0.29, 0.717) is 6.42 Å². The number of nitrogens with two attached hydrogens (primary N) is 2. The molecule has 0 aliphatic carbocycles. The van der Waals surface area contributed by atoms with Gasteiger partial charge in [0.2, 0.25) is 11.8 Å². The lowest BCUT2D eigenvalue weighted by Gasteiger charge is -2.19. The minimum atomic E-state index is -1.01. The Hall–Kier alpha value is -1.14. The minimum Gasteiger partial charge on any atom is -0.394 e. The lowest BCUT2D eigenvalue weighted by molar-refractivity contribution is -0.129. The Balaban J connectivity index is 4.29. The smallest absolute Gasteiger partial charge is 0.240 e. The van der Waals surface area contributed by atoms with Crippen molar-refractivity contribution in [3.8, 4) is 0 Å². The van der Waals surface area contributed by atoms with E-state index in [9.17, 15) is 9.59 Å². The van der Waals surface area contributed by atoms with E-state index in [4.69, 9.17) is 16.6 Å². The summed E-state index contributed by atoms with van der Waals surface area (Å²) in [6.45, 7) is 3.36. The van der Waals surface area contributed by atoms with Gasteiger partial charge in [0, 0.05) is 0 Å². The Kier molecular flexibility index (Phi) is 5.88. The van der Waals surface area contributed by atoms with Crippen molar-refractivity contribution in [2.24, 2.45) is 17.4 Å². The van der Waals surface area contributed by atoms with Gasteiger partial charge < -0.3 is 21.9 Å². The molecule has 15 heavy (non-hydrogen) atoms. The number of aliphatic hydroxyl groups is 1. The van der Waals surface area contributed by atoms with Crippen molar-refractivity contribution in [3.05, 3.63) is 0 Å². The van der Waals surface area contributed by atoms with Gasteiger partial charge in [-0.2, -0.15) is 0 Å². The first kappa shape index (κ1) is 13.9. The van der Waals surface area contributed by atoms with E-state index in [1.165, 1.54) is 0 Å². The molecule has 88 valence electrons. The van der Waals surface area contributed by atoms with Crippen molar-refractivity contribution in [2.45, 2.75) is 32.4 Å². The van der Waals surface area contributed by atoms with E-state index < -0.39 is 30.5 Å². The van der Waals surface area contributed by atoms with E-state index in [1.54, 1.807) is 0 Å². The number of nitrogens with one attached hydrogen (secondary N) is 1. The van der Waals surface area contributed by atoms with Crippen LogP contribution in [-0.4, -0.2) is 35.6 Å². The molecule has 0 aliphatic heterocycles. The van der Waals surface area contributed by atoms with Crippen LogP contribution in [0.1, 0.15) is 20.3 Å². The number of aliphatic hydroxyl groups excluding tert-OH is 1. The monoisotopic (exact) mass is 217 g/mol. The lowest BCUT2D eigenvalue weighted by atomic mass is 10.0. The van der Waals surface area contributed by atoms with Crippen LogP contribution in [0.2, 0.25) is 0 Å². The van der Waals surface area contributed by atoms with E-state index >= 15 is 0 Å². The van der Waals surface area contributed by atoms with Crippen LogP contribution < -0.4 is 16.8 Å². The summed E-state index contributed by atoms with van der Waals surface area (Å²) in [6, 6.07) is -1.74. The van der Waals surface area contributed by atoms with E-state index in [0.717, 1.165) is 0 Å². The molecular formula is C9H19N3O3. The van der Waals surface area contributed by atoms with E-state index in [1.807, 2.05) is 13.8 Å². The van der Waals surface area contributed by atoms with Crippen molar-refractivity contribution in [1.82, 2.24) is 5.32 Å². The van der Waals surface area contributed by atoms with Gasteiger partial charge in [0.25, 0.3) is 0 Å². The second-order valence-corrected chi connectivity index (χ2v) is 3.88. The Morgan fingerprint density at radius 3 is 2.27 bits per heavy atom. The van der Waals surface area contributed by atoms with Crippen LogP contribution in [0, 0.1) is 5.92 Å². The van der Waals surface area contributed by atoms with Crippen LogP contribution in [0.25, 0.3) is 0 Å². The van der Waals surface area contributed by atoms with Gasteiger partial charge in [0.15, 0.2) is 0 Å². The first-order chi connectivity index (χ1) is 6.88. The molecule has 0 saturated carbocycles. The van der Waals surface area contributed by atoms with Gasteiger partial charge in [0.1, 0.15) is 12.1 Å². The Morgan fingerprint density at radius 2 is 1.93 bits per heavy atom. The molecular weight excluding hydrogens is 198 g/mol. The molecule has 0 rings (SSSR count). The highest BCUT2D eigenvalue weighted by atomic mass is 16.3.